The largest absolute Gasteiger partial charge is 0.329 e. The molecule has 0 aliphatic rings. The topological polar surface area (TPSA) is 42.1 Å². The second-order valence-electron chi connectivity index (χ2n) is 5.03. The number of nitrogens with zero attached hydrogens (tertiary/aromatic N) is 2. The van der Waals surface area contributed by atoms with Crippen LogP contribution < -0.4 is 5.73 Å². The van der Waals surface area contributed by atoms with Crippen LogP contribution in [0, 0.1) is 6.92 Å². The summed E-state index contributed by atoms with van der Waals surface area (Å²) in [6.07, 6.45) is 3.65. The molecular formula is C16H20BrN3. The Morgan fingerprint density at radius 1 is 1.25 bits per heavy atom. The van der Waals surface area contributed by atoms with E-state index >= 15 is 0 Å². The first-order valence-electron chi connectivity index (χ1n) is 6.67. The van der Waals surface area contributed by atoms with Crippen LogP contribution in [0.15, 0.2) is 47.2 Å². The number of aromatic nitrogens is 1. The predicted octanol–water partition coefficient (Wildman–Crippen LogP) is 3.28. The van der Waals surface area contributed by atoms with Crippen LogP contribution >= 0.6 is 15.9 Å². The molecule has 1 unspecified atom stereocenters. The Kier molecular flexibility index (Phi) is 5.29. The number of hydrogen-bond donors (Lipinski definition) is 1. The van der Waals surface area contributed by atoms with Gasteiger partial charge in [0.15, 0.2) is 0 Å². The van der Waals surface area contributed by atoms with Gasteiger partial charge >= 0.3 is 0 Å². The molecule has 0 spiro atoms. The van der Waals surface area contributed by atoms with Crippen LogP contribution in [0.2, 0.25) is 0 Å². The Balaban J connectivity index is 2.16. The van der Waals surface area contributed by atoms with Crippen molar-refractivity contribution in [3.05, 3.63) is 63.9 Å². The van der Waals surface area contributed by atoms with Crippen LogP contribution in [-0.4, -0.2) is 23.5 Å². The van der Waals surface area contributed by atoms with Gasteiger partial charge in [-0.15, -0.1) is 0 Å². The van der Waals surface area contributed by atoms with Gasteiger partial charge in [-0.05, 0) is 48.9 Å². The van der Waals surface area contributed by atoms with Crippen molar-refractivity contribution in [2.24, 2.45) is 5.73 Å². The fourth-order valence-electron chi connectivity index (χ4n) is 2.27. The van der Waals surface area contributed by atoms with Gasteiger partial charge in [-0.2, -0.15) is 0 Å². The highest BCUT2D eigenvalue weighted by atomic mass is 79.9. The fraction of sp³-hybridized carbons (Fsp3) is 0.312. The molecule has 1 aromatic heterocycles. The molecule has 2 rings (SSSR count). The Bertz CT molecular complexity index is 557. The van der Waals surface area contributed by atoms with Crippen LogP contribution in [0.5, 0.6) is 0 Å². The molecule has 20 heavy (non-hydrogen) atoms. The van der Waals surface area contributed by atoms with Crippen molar-refractivity contribution < 1.29 is 0 Å². The third-order valence-corrected chi connectivity index (χ3v) is 4.37. The molecule has 106 valence electrons. The number of pyridine rings is 1. The molecule has 1 atom stereocenters. The molecule has 1 aromatic carbocycles. The van der Waals surface area contributed by atoms with E-state index in [0.29, 0.717) is 6.54 Å². The average Bonchev–Trinajstić information content (AvgIpc) is 2.44. The number of hydrogen-bond acceptors (Lipinski definition) is 3. The van der Waals surface area contributed by atoms with E-state index in [1.54, 1.807) is 0 Å². The van der Waals surface area contributed by atoms with E-state index in [4.69, 9.17) is 5.73 Å². The van der Waals surface area contributed by atoms with E-state index in [1.165, 1.54) is 16.7 Å². The number of nitrogens with two attached hydrogens (primary N) is 1. The van der Waals surface area contributed by atoms with Crippen molar-refractivity contribution >= 4 is 15.9 Å². The van der Waals surface area contributed by atoms with Gasteiger partial charge in [0, 0.05) is 36.0 Å². The summed E-state index contributed by atoms with van der Waals surface area (Å²) in [5.74, 6) is 0. The zero-order valence-electron chi connectivity index (χ0n) is 11.9. The molecule has 0 bridgehead atoms. The van der Waals surface area contributed by atoms with Crippen molar-refractivity contribution in [3.8, 4) is 0 Å². The van der Waals surface area contributed by atoms with Crippen LogP contribution in [0.1, 0.15) is 22.7 Å². The van der Waals surface area contributed by atoms with E-state index in [9.17, 15) is 0 Å². The van der Waals surface area contributed by atoms with Crippen LogP contribution in [0.25, 0.3) is 0 Å². The quantitative estimate of drug-likeness (QED) is 0.912. The number of likely N-dealkylation sites (N-methyl/N-ethyl adjacent to an activating group) is 1. The van der Waals surface area contributed by atoms with Gasteiger partial charge in [0.2, 0.25) is 0 Å². The first-order valence-corrected chi connectivity index (χ1v) is 7.46. The van der Waals surface area contributed by atoms with E-state index in [-0.39, 0.29) is 6.04 Å². The molecule has 0 radical (unpaired) electrons. The molecule has 1 heterocycles. The summed E-state index contributed by atoms with van der Waals surface area (Å²) in [4.78, 5) is 6.32. The van der Waals surface area contributed by atoms with Crippen LogP contribution in [0.4, 0.5) is 0 Å². The Hall–Kier alpha value is -1.23. The van der Waals surface area contributed by atoms with Crippen LogP contribution in [0.3, 0.4) is 0 Å². The molecule has 2 N–H and O–H groups in total. The lowest BCUT2D eigenvalue weighted by molar-refractivity contribution is 0.241. The van der Waals surface area contributed by atoms with E-state index in [1.807, 2.05) is 24.5 Å². The first-order chi connectivity index (χ1) is 9.61. The Morgan fingerprint density at radius 3 is 2.55 bits per heavy atom. The minimum atomic E-state index is 0.208. The Labute approximate surface area is 129 Å². The van der Waals surface area contributed by atoms with Gasteiger partial charge in [-0.1, -0.05) is 28.1 Å². The Morgan fingerprint density at radius 2 is 1.95 bits per heavy atom. The third-order valence-electron chi connectivity index (χ3n) is 3.52. The molecule has 0 amide bonds. The summed E-state index contributed by atoms with van der Waals surface area (Å²) in [6, 6.07) is 10.7. The van der Waals surface area contributed by atoms with Gasteiger partial charge in [0.25, 0.3) is 0 Å². The normalized spacial score (nSPS) is 12.7. The highest BCUT2D eigenvalue weighted by Crippen LogP contribution is 2.25. The highest BCUT2D eigenvalue weighted by molar-refractivity contribution is 9.10. The molecule has 0 aliphatic carbocycles. The molecule has 2 aromatic rings. The third kappa shape index (κ3) is 3.66. The summed E-state index contributed by atoms with van der Waals surface area (Å²) in [6.45, 7) is 3.54. The second-order valence-corrected chi connectivity index (χ2v) is 5.89. The summed E-state index contributed by atoms with van der Waals surface area (Å²) in [5.41, 5.74) is 9.70. The van der Waals surface area contributed by atoms with E-state index < -0.39 is 0 Å². The van der Waals surface area contributed by atoms with Crippen molar-refractivity contribution in [2.75, 3.05) is 13.6 Å². The van der Waals surface area contributed by atoms with Crippen molar-refractivity contribution in [3.63, 3.8) is 0 Å². The molecule has 0 fully saturated rings. The van der Waals surface area contributed by atoms with Crippen molar-refractivity contribution in [1.29, 1.82) is 0 Å². The van der Waals surface area contributed by atoms with Gasteiger partial charge in [0.05, 0.1) is 0 Å². The van der Waals surface area contributed by atoms with Crippen LogP contribution in [-0.2, 0) is 6.54 Å². The molecule has 0 saturated carbocycles. The zero-order chi connectivity index (χ0) is 14.5. The van der Waals surface area contributed by atoms with Gasteiger partial charge < -0.3 is 5.73 Å². The lowest BCUT2D eigenvalue weighted by Crippen LogP contribution is -2.30. The number of aryl methyl sites for hydroxylation is 1. The molecule has 3 nitrogen and oxygen atoms in total. The predicted molar refractivity (Wildman–Crippen MR) is 86.4 cm³/mol. The molecular weight excluding hydrogens is 314 g/mol. The second kappa shape index (κ2) is 6.97. The van der Waals surface area contributed by atoms with E-state index in [0.717, 1.165) is 11.0 Å². The molecule has 0 aliphatic heterocycles. The number of rotatable bonds is 5. The van der Waals surface area contributed by atoms with Gasteiger partial charge in [-0.3, -0.25) is 9.88 Å². The first kappa shape index (κ1) is 15.2. The molecule has 0 saturated heterocycles. The monoisotopic (exact) mass is 333 g/mol. The lowest BCUT2D eigenvalue weighted by Gasteiger charge is -2.27. The summed E-state index contributed by atoms with van der Waals surface area (Å²) < 4.78 is 1.13. The van der Waals surface area contributed by atoms with Crippen molar-refractivity contribution in [1.82, 2.24) is 9.88 Å². The zero-order valence-corrected chi connectivity index (χ0v) is 13.5. The lowest BCUT2D eigenvalue weighted by atomic mass is 10.0. The van der Waals surface area contributed by atoms with E-state index in [2.05, 4.69) is 58.0 Å². The highest BCUT2D eigenvalue weighted by Gasteiger charge is 2.16. The minimum Gasteiger partial charge on any atom is -0.329 e. The van der Waals surface area contributed by atoms with Crippen molar-refractivity contribution in [2.45, 2.75) is 19.5 Å². The minimum absolute atomic E-state index is 0.208. The number of benzene rings is 1. The average molecular weight is 334 g/mol. The summed E-state index contributed by atoms with van der Waals surface area (Å²) >= 11 is 3.59. The fourth-order valence-corrected chi connectivity index (χ4v) is 2.67. The molecule has 4 heteroatoms. The van der Waals surface area contributed by atoms with Gasteiger partial charge in [0.1, 0.15) is 0 Å². The number of halogens is 1. The summed E-state index contributed by atoms with van der Waals surface area (Å²) in [5, 5.41) is 0. The maximum absolute atomic E-state index is 5.98. The summed E-state index contributed by atoms with van der Waals surface area (Å²) in [7, 11) is 2.10. The smallest absolute Gasteiger partial charge is 0.0471 e. The maximum atomic E-state index is 5.98. The maximum Gasteiger partial charge on any atom is 0.0471 e. The van der Waals surface area contributed by atoms with Gasteiger partial charge in [-0.25, -0.2) is 0 Å². The SMILES string of the molecule is Cc1ccc(C(CN)N(C)Cc2ccncc2)cc1Br. The standard InChI is InChI=1S/C16H20BrN3/c1-12-3-4-14(9-15(12)17)16(10-18)20(2)11-13-5-7-19-8-6-13/h3-9,16H,10-11,18H2,1-2H3.